The fourth-order valence-corrected chi connectivity index (χ4v) is 1.56. The van der Waals surface area contributed by atoms with Gasteiger partial charge in [0, 0.05) is 6.07 Å². The maximum atomic E-state index is 6.00. The molecule has 0 amide bonds. The van der Waals surface area contributed by atoms with Gasteiger partial charge in [-0.15, -0.1) is 0 Å². The Morgan fingerprint density at radius 1 is 1.12 bits per heavy atom. The van der Waals surface area contributed by atoms with Gasteiger partial charge in [-0.25, -0.2) is 4.98 Å². The Bertz CT molecular complexity index is 514. The van der Waals surface area contributed by atoms with E-state index in [0.717, 1.165) is 5.56 Å². The normalized spacial score (nSPS) is 10.2. The molecule has 0 aliphatic carbocycles. The van der Waals surface area contributed by atoms with Crippen LogP contribution >= 0.6 is 23.2 Å². The summed E-state index contributed by atoms with van der Waals surface area (Å²) in [4.78, 5) is 4.02. The molecule has 2 rings (SSSR count). The van der Waals surface area contributed by atoms with Crippen molar-refractivity contribution in [2.75, 3.05) is 0 Å². The summed E-state index contributed by atoms with van der Waals surface area (Å²) in [5.41, 5.74) is 1.07. The van der Waals surface area contributed by atoms with Crippen LogP contribution in [0.3, 0.4) is 0 Å². The third-order valence-corrected chi connectivity index (χ3v) is 2.51. The Morgan fingerprint density at radius 3 is 2.69 bits per heavy atom. The van der Waals surface area contributed by atoms with E-state index in [4.69, 9.17) is 27.9 Å². The zero-order chi connectivity index (χ0) is 11.5. The average Bonchev–Trinajstić information content (AvgIpc) is 2.24. The van der Waals surface area contributed by atoms with Gasteiger partial charge in [0.05, 0.1) is 5.02 Å². The van der Waals surface area contributed by atoms with Crippen LogP contribution in [-0.4, -0.2) is 4.98 Å². The van der Waals surface area contributed by atoms with Crippen molar-refractivity contribution in [3.8, 4) is 11.6 Å². The Kier molecular flexibility index (Phi) is 3.32. The first-order valence-electron chi connectivity index (χ1n) is 4.72. The van der Waals surface area contributed by atoms with Crippen molar-refractivity contribution in [3.05, 3.63) is 52.1 Å². The van der Waals surface area contributed by atoms with Crippen LogP contribution < -0.4 is 4.74 Å². The first-order valence-corrected chi connectivity index (χ1v) is 5.47. The summed E-state index contributed by atoms with van der Waals surface area (Å²) >= 11 is 11.8. The van der Waals surface area contributed by atoms with E-state index in [-0.39, 0.29) is 0 Å². The highest BCUT2D eigenvalue weighted by atomic mass is 35.5. The van der Waals surface area contributed by atoms with E-state index in [9.17, 15) is 0 Å². The van der Waals surface area contributed by atoms with Crippen LogP contribution in [0.25, 0.3) is 0 Å². The zero-order valence-corrected chi connectivity index (χ0v) is 10.1. The van der Waals surface area contributed by atoms with E-state index < -0.39 is 0 Å². The summed E-state index contributed by atoms with van der Waals surface area (Å²) in [5, 5.41) is 0.939. The molecule has 0 saturated carbocycles. The molecule has 0 spiro atoms. The summed E-state index contributed by atoms with van der Waals surface area (Å²) in [6.45, 7) is 1.97. The predicted molar refractivity (Wildman–Crippen MR) is 65.5 cm³/mol. The van der Waals surface area contributed by atoms with Gasteiger partial charge in [-0.3, -0.25) is 0 Å². The summed E-state index contributed by atoms with van der Waals surface area (Å²) in [6.07, 6.45) is 0. The van der Waals surface area contributed by atoms with E-state index in [1.807, 2.05) is 19.1 Å². The smallest absolute Gasteiger partial charge is 0.220 e. The lowest BCUT2D eigenvalue weighted by Crippen LogP contribution is -1.89. The minimum absolute atomic E-state index is 0.390. The highest BCUT2D eigenvalue weighted by Gasteiger charge is 2.04. The first-order chi connectivity index (χ1) is 7.65. The minimum atomic E-state index is 0.390. The molecule has 0 atom stereocenters. The Hall–Kier alpha value is -1.25. The largest absolute Gasteiger partial charge is 0.437 e. The fourth-order valence-electron chi connectivity index (χ4n) is 1.25. The van der Waals surface area contributed by atoms with Crippen molar-refractivity contribution in [1.82, 2.24) is 4.98 Å². The molecule has 2 nitrogen and oxygen atoms in total. The van der Waals surface area contributed by atoms with Gasteiger partial charge >= 0.3 is 0 Å². The number of aromatic nitrogens is 1. The maximum Gasteiger partial charge on any atom is 0.220 e. The highest BCUT2D eigenvalue weighted by molar-refractivity contribution is 6.32. The molecule has 4 heteroatoms. The number of benzene rings is 1. The van der Waals surface area contributed by atoms with Gasteiger partial charge in [0.1, 0.15) is 10.9 Å². The van der Waals surface area contributed by atoms with Crippen molar-refractivity contribution in [3.63, 3.8) is 0 Å². The van der Waals surface area contributed by atoms with Crippen LogP contribution in [-0.2, 0) is 0 Å². The fraction of sp³-hybridized carbons (Fsp3) is 0.0833. The Balaban J connectivity index is 2.30. The highest BCUT2D eigenvalue weighted by Crippen LogP contribution is 2.29. The first kappa shape index (κ1) is 11.2. The molecule has 1 aromatic heterocycles. The maximum absolute atomic E-state index is 6.00. The summed E-state index contributed by atoms with van der Waals surface area (Å²) in [7, 11) is 0. The zero-order valence-electron chi connectivity index (χ0n) is 8.58. The van der Waals surface area contributed by atoms with E-state index in [1.54, 1.807) is 24.3 Å². The van der Waals surface area contributed by atoms with Gasteiger partial charge in [0.15, 0.2) is 0 Å². The van der Waals surface area contributed by atoms with Crippen LogP contribution in [0.2, 0.25) is 10.2 Å². The molecule has 2 aromatic rings. The minimum Gasteiger partial charge on any atom is -0.437 e. The van der Waals surface area contributed by atoms with E-state index in [2.05, 4.69) is 4.98 Å². The standard InChI is InChI=1S/C12H9Cl2NO/c1-8-5-6-9(13)10(7-8)16-12-4-2-3-11(14)15-12/h2-7H,1H3. The van der Waals surface area contributed by atoms with Crippen molar-refractivity contribution in [2.24, 2.45) is 0 Å². The van der Waals surface area contributed by atoms with Crippen LogP contribution in [0.5, 0.6) is 11.6 Å². The topological polar surface area (TPSA) is 22.1 Å². The average molecular weight is 254 g/mol. The summed E-state index contributed by atoms with van der Waals surface area (Å²) in [5.74, 6) is 1.01. The molecular formula is C12H9Cl2NO. The Labute approximate surface area is 104 Å². The molecule has 1 heterocycles. The van der Waals surface area contributed by atoms with Crippen LogP contribution in [0.15, 0.2) is 36.4 Å². The van der Waals surface area contributed by atoms with Crippen LogP contribution in [0.1, 0.15) is 5.56 Å². The number of halogens is 2. The van der Waals surface area contributed by atoms with Gasteiger partial charge in [-0.2, -0.15) is 0 Å². The lowest BCUT2D eigenvalue weighted by molar-refractivity contribution is 0.463. The van der Waals surface area contributed by atoms with Crippen LogP contribution in [0, 0.1) is 6.92 Å². The third kappa shape index (κ3) is 2.65. The number of ether oxygens (including phenoxy) is 1. The van der Waals surface area contributed by atoms with Gasteiger partial charge < -0.3 is 4.74 Å². The molecule has 0 radical (unpaired) electrons. The van der Waals surface area contributed by atoms with E-state index >= 15 is 0 Å². The number of rotatable bonds is 2. The van der Waals surface area contributed by atoms with Crippen molar-refractivity contribution in [1.29, 1.82) is 0 Å². The second kappa shape index (κ2) is 4.73. The molecule has 82 valence electrons. The van der Waals surface area contributed by atoms with Crippen molar-refractivity contribution >= 4 is 23.2 Å². The summed E-state index contributed by atoms with van der Waals surface area (Å²) in [6, 6.07) is 10.7. The molecule has 0 N–H and O–H groups in total. The number of hydrogen-bond donors (Lipinski definition) is 0. The van der Waals surface area contributed by atoms with Gasteiger partial charge in [0.2, 0.25) is 5.88 Å². The number of nitrogens with zero attached hydrogens (tertiary/aromatic N) is 1. The molecule has 0 aliphatic heterocycles. The lowest BCUT2D eigenvalue weighted by atomic mass is 10.2. The number of aryl methyl sites for hydroxylation is 1. The third-order valence-electron chi connectivity index (χ3n) is 1.99. The van der Waals surface area contributed by atoms with Gasteiger partial charge in [-0.1, -0.05) is 35.3 Å². The van der Waals surface area contributed by atoms with Crippen molar-refractivity contribution < 1.29 is 4.74 Å². The molecule has 0 fully saturated rings. The molecule has 16 heavy (non-hydrogen) atoms. The van der Waals surface area contributed by atoms with Gasteiger partial charge in [0.25, 0.3) is 0 Å². The Morgan fingerprint density at radius 2 is 1.94 bits per heavy atom. The molecule has 1 aromatic carbocycles. The molecule has 0 aliphatic rings. The monoisotopic (exact) mass is 253 g/mol. The lowest BCUT2D eigenvalue weighted by Gasteiger charge is -2.07. The van der Waals surface area contributed by atoms with E-state index in [1.165, 1.54) is 0 Å². The molecule has 0 unspecified atom stereocenters. The molecule has 0 bridgehead atoms. The predicted octanol–water partition coefficient (Wildman–Crippen LogP) is 4.49. The summed E-state index contributed by atoms with van der Waals surface area (Å²) < 4.78 is 5.54. The quantitative estimate of drug-likeness (QED) is 0.736. The SMILES string of the molecule is Cc1ccc(Cl)c(Oc2cccc(Cl)n2)c1. The second-order valence-corrected chi connectivity index (χ2v) is 4.13. The second-order valence-electron chi connectivity index (χ2n) is 3.33. The van der Waals surface area contributed by atoms with Gasteiger partial charge in [-0.05, 0) is 30.7 Å². The molecular weight excluding hydrogens is 245 g/mol. The molecule has 0 saturated heterocycles. The van der Waals surface area contributed by atoms with E-state index in [0.29, 0.717) is 21.8 Å². The number of hydrogen-bond acceptors (Lipinski definition) is 2. The number of pyridine rings is 1. The van der Waals surface area contributed by atoms with Crippen molar-refractivity contribution in [2.45, 2.75) is 6.92 Å². The van der Waals surface area contributed by atoms with Crippen LogP contribution in [0.4, 0.5) is 0 Å².